The molecule has 1 aliphatic heterocycles. The Kier molecular flexibility index (Phi) is 3.74. The van der Waals surface area contributed by atoms with E-state index < -0.39 is 33.9 Å². The number of sulfone groups is 1. The van der Waals surface area contributed by atoms with Crippen molar-refractivity contribution < 1.29 is 23.1 Å². The lowest BCUT2D eigenvalue weighted by Crippen LogP contribution is -2.48. The van der Waals surface area contributed by atoms with E-state index >= 15 is 0 Å². The van der Waals surface area contributed by atoms with Crippen LogP contribution < -0.4 is 10.6 Å². The zero-order chi connectivity index (χ0) is 12.3. The van der Waals surface area contributed by atoms with Crippen molar-refractivity contribution in [3.8, 4) is 0 Å². The topological polar surface area (TPSA) is 113 Å². The summed E-state index contributed by atoms with van der Waals surface area (Å²) in [7, 11) is -3.04. The number of urea groups is 1. The molecule has 2 unspecified atom stereocenters. The molecule has 0 aromatic heterocycles. The first-order chi connectivity index (χ1) is 7.30. The molecule has 1 heterocycles. The van der Waals surface area contributed by atoms with Gasteiger partial charge in [0.15, 0.2) is 9.84 Å². The second-order valence-corrected chi connectivity index (χ2v) is 6.01. The molecule has 7 nitrogen and oxygen atoms in total. The molecule has 92 valence electrons. The zero-order valence-electron chi connectivity index (χ0n) is 8.76. The number of carboxylic acids is 1. The molecular formula is C8H14N2O5S. The van der Waals surface area contributed by atoms with Crippen LogP contribution in [0.4, 0.5) is 4.79 Å². The number of carbonyl (C=O) groups excluding carboxylic acids is 1. The van der Waals surface area contributed by atoms with E-state index in [0.717, 1.165) is 0 Å². The third-order valence-electron chi connectivity index (χ3n) is 2.29. The molecule has 0 aromatic carbocycles. The highest BCUT2D eigenvalue weighted by Gasteiger charge is 2.29. The van der Waals surface area contributed by atoms with Gasteiger partial charge in [0.2, 0.25) is 0 Å². The van der Waals surface area contributed by atoms with Gasteiger partial charge in [0, 0.05) is 6.04 Å². The Labute approximate surface area is 93.1 Å². The molecule has 0 spiro atoms. The van der Waals surface area contributed by atoms with E-state index in [1.807, 2.05) is 0 Å². The molecule has 0 saturated carbocycles. The fourth-order valence-electron chi connectivity index (χ4n) is 1.39. The summed E-state index contributed by atoms with van der Waals surface area (Å²) in [5.41, 5.74) is 0. The van der Waals surface area contributed by atoms with Crippen molar-refractivity contribution in [2.75, 3.05) is 11.5 Å². The highest BCUT2D eigenvalue weighted by Crippen LogP contribution is 2.10. The SMILES string of the molecule is CC(NC(=O)NC1CCS(=O)(=O)C1)C(=O)O. The Morgan fingerprint density at radius 1 is 1.44 bits per heavy atom. The number of nitrogens with one attached hydrogen (secondary N) is 2. The predicted molar refractivity (Wildman–Crippen MR) is 55.8 cm³/mol. The fraction of sp³-hybridized carbons (Fsp3) is 0.750. The summed E-state index contributed by atoms with van der Waals surface area (Å²) in [6, 6.07) is -2.08. The molecular weight excluding hydrogens is 236 g/mol. The van der Waals surface area contributed by atoms with Gasteiger partial charge < -0.3 is 15.7 Å². The molecule has 1 aliphatic rings. The lowest BCUT2D eigenvalue weighted by atomic mass is 10.3. The van der Waals surface area contributed by atoms with Gasteiger partial charge in [-0.3, -0.25) is 4.79 Å². The van der Waals surface area contributed by atoms with Crippen LogP contribution in [0.3, 0.4) is 0 Å². The van der Waals surface area contributed by atoms with Crippen LogP contribution in [-0.4, -0.2) is 49.1 Å². The predicted octanol–water partition coefficient (Wildman–Crippen LogP) is -1.05. The number of hydrogen-bond acceptors (Lipinski definition) is 4. The van der Waals surface area contributed by atoms with Crippen molar-refractivity contribution in [2.24, 2.45) is 0 Å². The molecule has 0 radical (unpaired) electrons. The van der Waals surface area contributed by atoms with Crippen molar-refractivity contribution in [1.82, 2.24) is 10.6 Å². The van der Waals surface area contributed by atoms with Crippen LogP contribution in [0.1, 0.15) is 13.3 Å². The Morgan fingerprint density at radius 3 is 2.50 bits per heavy atom. The first kappa shape index (κ1) is 12.8. The average molecular weight is 250 g/mol. The summed E-state index contributed by atoms with van der Waals surface area (Å²) in [6.45, 7) is 1.33. The van der Waals surface area contributed by atoms with Crippen molar-refractivity contribution in [3.63, 3.8) is 0 Å². The largest absolute Gasteiger partial charge is 0.480 e. The first-order valence-electron chi connectivity index (χ1n) is 4.80. The third-order valence-corrected chi connectivity index (χ3v) is 4.05. The zero-order valence-corrected chi connectivity index (χ0v) is 9.58. The maximum Gasteiger partial charge on any atom is 0.325 e. The first-order valence-corrected chi connectivity index (χ1v) is 6.62. The molecule has 0 bridgehead atoms. The number of rotatable bonds is 3. The van der Waals surface area contributed by atoms with Crippen molar-refractivity contribution in [3.05, 3.63) is 0 Å². The summed E-state index contributed by atoms with van der Waals surface area (Å²) in [6.07, 6.45) is 0.372. The minimum Gasteiger partial charge on any atom is -0.480 e. The highest BCUT2D eigenvalue weighted by atomic mass is 32.2. The monoisotopic (exact) mass is 250 g/mol. The Balaban J connectivity index is 2.39. The summed E-state index contributed by atoms with van der Waals surface area (Å²) in [4.78, 5) is 21.7. The maximum absolute atomic E-state index is 11.2. The minimum absolute atomic E-state index is 0.0619. The van der Waals surface area contributed by atoms with Crippen LogP contribution in [0, 0.1) is 0 Å². The number of carbonyl (C=O) groups is 2. The van der Waals surface area contributed by atoms with E-state index in [1.54, 1.807) is 0 Å². The van der Waals surface area contributed by atoms with E-state index in [2.05, 4.69) is 10.6 Å². The van der Waals surface area contributed by atoms with E-state index in [0.29, 0.717) is 6.42 Å². The average Bonchev–Trinajstić information content (AvgIpc) is 2.44. The van der Waals surface area contributed by atoms with Crippen LogP contribution in [0.15, 0.2) is 0 Å². The van der Waals surface area contributed by atoms with Gasteiger partial charge in [0.25, 0.3) is 0 Å². The number of hydrogen-bond donors (Lipinski definition) is 3. The number of aliphatic carboxylic acids is 1. The van der Waals surface area contributed by atoms with E-state index in [9.17, 15) is 18.0 Å². The molecule has 8 heteroatoms. The van der Waals surface area contributed by atoms with Gasteiger partial charge in [-0.25, -0.2) is 13.2 Å². The number of amides is 2. The lowest BCUT2D eigenvalue weighted by molar-refractivity contribution is -0.138. The van der Waals surface area contributed by atoms with Gasteiger partial charge in [-0.1, -0.05) is 0 Å². The van der Waals surface area contributed by atoms with Crippen LogP contribution in [0.5, 0.6) is 0 Å². The van der Waals surface area contributed by atoms with Gasteiger partial charge in [0.1, 0.15) is 6.04 Å². The maximum atomic E-state index is 11.2. The molecule has 1 fully saturated rings. The van der Waals surface area contributed by atoms with Gasteiger partial charge in [-0.15, -0.1) is 0 Å². The third kappa shape index (κ3) is 3.69. The Morgan fingerprint density at radius 2 is 2.06 bits per heavy atom. The molecule has 1 saturated heterocycles. The van der Waals surface area contributed by atoms with Crippen LogP contribution >= 0.6 is 0 Å². The second kappa shape index (κ2) is 4.69. The van der Waals surface area contributed by atoms with Gasteiger partial charge in [-0.2, -0.15) is 0 Å². The fourth-order valence-corrected chi connectivity index (χ4v) is 3.07. The van der Waals surface area contributed by atoms with Gasteiger partial charge in [-0.05, 0) is 13.3 Å². The van der Waals surface area contributed by atoms with Crippen LogP contribution in [-0.2, 0) is 14.6 Å². The van der Waals surface area contributed by atoms with Crippen molar-refractivity contribution in [2.45, 2.75) is 25.4 Å². The lowest BCUT2D eigenvalue weighted by Gasteiger charge is -2.14. The Hall–Kier alpha value is -1.31. The molecule has 0 aromatic rings. The normalized spacial score (nSPS) is 24.7. The van der Waals surface area contributed by atoms with E-state index in [-0.39, 0.29) is 11.5 Å². The summed E-state index contributed by atoms with van der Waals surface area (Å²) in [5.74, 6) is -1.16. The van der Waals surface area contributed by atoms with Gasteiger partial charge in [0.05, 0.1) is 11.5 Å². The van der Waals surface area contributed by atoms with Crippen LogP contribution in [0.25, 0.3) is 0 Å². The summed E-state index contributed by atoms with van der Waals surface area (Å²) < 4.78 is 22.2. The van der Waals surface area contributed by atoms with Crippen molar-refractivity contribution in [1.29, 1.82) is 0 Å². The second-order valence-electron chi connectivity index (χ2n) is 3.78. The van der Waals surface area contributed by atoms with Gasteiger partial charge >= 0.3 is 12.0 Å². The molecule has 2 amide bonds. The standard InChI is InChI=1S/C8H14N2O5S/c1-5(7(11)12)9-8(13)10-6-2-3-16(14,15)4-6/h5-6H,2-4H2,1H3,(H,11,12)(H2,9,10,13). The molecule has 3 N–H and O–H groups in total. The number of carboxylic acid groups (broad SMARTS) is 1. The minimum atomic E-state index is -3.04. The van der Waals surface area contributed by atoms with Crippen LogP contribution in [0.2, 0.25) is 0 Å². The molecule has 1 rings (SSSR count). The highest BCUT2D eigenvalue weighted by molar-refractivity contribution is 7.91. The molecule has 16 heavy (non-hydrogen) atoms. The van der Waals surface area contributed by atoms with Crippen molar-refractivity contribution >= 4 is 21.8 Å². The summed E-state index contributed by atoms with van der Waals surface area (Å²) >= 11 is 0. The molecule has 0 aliphatic carbocycles. The van der Waals surface area contributed by atoms with E-state index in [1.165, 1.54) is 6.92 Å². The molecule has 2 atom stereocenters. The smallest absolute Gasteiger partial charge is 0.325 e. The Bertz CT molecular complexity index is 391. The quantitative estimate of drug-likeness (QED) is 0.591. The summed E-state index contributed by atoms with van der Waals surface area (Å²) in [5, 5.41) is 13.2. The van der Waals surface area contributed by atoms with E-state index in [4.69, 9.17) is 5.11 Å².